The van der Waals surface area contributed by atoms with Crippen LogP contribution in [-0.2, 0) is 23.9 Å². The summed E-state index contributed by atoms with van der Waals surface area (Å²) in [6.45, 7) is 11.2. The maximum absolute atomic E-state index is 14.4. The number of carbonyl (C=O) groups is 3. The van der Waals surface area contributed by atoms with Crippen LogP contribution in [0, 0.1) is 17.8 Å². The molecule has 1 N–H and O–H groups in total. The number of nitrogens with zero attached hydrogens (tertiary/aromatic N) is 2. The average Bonchev–Trinajstić information content (AvgIpc) is 3.54. The van der Waals surface area contributed by atoms with E-state index < -0.39 is 41.6 Å². The SMILES string of the molecule is C=CCOC(=O)[C@@H]1[C@@H]2CCC3(O2)C(C(=O)N(CC=C)c2ccc(Cl)cc2)N([C@@H](CO)[C@@H](C)CC)C(=O)[C@H]13. The van der Waals surface area contributed by atoms with E-state index in [2.05, 4.69) is 13.2 Å². The van der Waals surface area contributed by atoms with Crippen LogP contribution in [0.15, 0.2) is 49.6 Å². The third kappa shape index (κ3) is 4.49. The largest absolute Gasteiger partial charge is 0.461 e. The lowest BCUT2D eigenvalue weighted by Gasteiger charge is -2.40. The Hall–Kier alpha value is -2.68. The third-order valence-corrected chi connectivity index (χ3v) is 8.40. The van der Waals surface area contributed by atoms with Crippen LogP contribution in [0.2, 0.25) is 5.02 Å². The molecule has 3 aliphatic rings. The van der Waals surface area contributed by atoms with Gasteiger partial charge in [0.2, 0.25) is 5.91 Å². The molecular weight excluding hydrogens is 496 g/mol. The fraction of sp³-hybridized carbons (Fsp3) is 0.536. The first kappa shape index (κ1) is 27.4. The number of aliphatic hydroxyl groups is 1. The summed E-state index contributed by atoms with van der Waals surface area (Å²) in [6.07, 6.45) is 4.25. The first-order valence-corrected chi connectivity index (χ1v) is 13.2. The molecule has 3 heterocycles. The Morgan fingerprint density at radius 1 is 1.32 bits per heavy atom. The number of hydrogen-bond acceptors (Lipinski definition) is 6. The smallest absolute Gasteiger partial charge is 0.312 e. The van der Waals surface area contributed by atoms with Gasteiger partial charge in [0.15, 0.2) is 0 Å². The number of aliphatic hydroxyl groups excluding tert-OH is 1. The standard InChI is InChI=1S/C28H35ClN2O6/c1-5-14-30(19-10-8-18(29)9-11-19)26(34)24-28-13-12-21(37-28)22(27(35)36-15-6-2)23(28)25(33)31(24)20(16-32)17(4)7-3/h5-6,8-11,17,20-24,32H,1-2,7,12-16H2,3-4H3/t17-,20-,21-,22+,23-,24?,28?/m0/s1. The molecule has 8 nitrogen and oxygen atoms in total. The normalized spacial score (nSPS) is 29.5. The number of ether oxygens (including phenoxy) is 2. The number of esters is 1. The van der Waals surface area contributed by atoms with E-state index >= 15 is 0 Å². The first-order valence-electron chi connectivity index (χ1n) is 12.8. The minimum atomic E-state index is -1.19. The summed E-state index contributed by atoms with van der Waals surface area (Å²) < 4.78 is 11.8. The van der Waals surface area contributed by atoms with Gasteiger partial charge in [-0.05, 0) is 43.0 Å². The molecule has 2 unspecified atom stereocenters. The van der Waals surface area contributed by atoms with Gasteiger partial charge in [-0.1, -0.05) is 50.6 Å². The van der Waals surface area contributed by atoms with Crippen molar-refractivity contribution in [1.82, 2.24) is 4.90 Å². The zero-order valence-electron chi connectivity index (χ0n) is 21.3. The van der Waals surface area contributed by atoms with E-state index in [9.17, 15) is 19.5 Å². The van der Waals surface area contributed by atoms with Gasteiger partial charge in [0, 0.05) is 17.3 Å². The molecule has 3 fully saturated rings. The fourth-order valence-corrected chi connectivity index (χ4v) is 6.39. The molecule has 2 bridgehead atoms. The van der Waals surface area contributed by atoms with Crippen LogP contribution < -0.4 is 4.90 Å². The van der Waals surface area contributed by atoms with Gasteiger partial charge < -0.3 is 24.4 Å². The first-order chi connectivity index (χ1) is 17.7. The Morgan fingerprint density at radius 2 is 2.03 bits per heavy atom. The van der Waals surface area contributed by atoms with E-state index in [1.165, 1.54) is 11.0 Å². The number of amides is 2. The van der Waals surface area contributed by atoms with Gasteiger partial charge >= 0.3 is 5.97 Å². The summed E-state index contributed by atoms with van der Waals surface area (Å²) in [5.74, 6) is -3.00. The summed E-state index contributed by atoms with van der Waals surface area (Å²) in [7, 11) is 0. The lowest BCUT2D eigenvalue weighted by Crippen LogP contribution is -2.60. The second-order valence-electron chi connectivity index (χ2n) is 10.1. The van der Waals surface area contributed by atoms with Crippen molar-refractivity contribution in [2.24, 2.45) is 17.8 Å². The van der Waals surface area contributed by atoms with E-state index in [1.807, 2.05) is 13.8 Å². The number of rotatable bonds is 11. The van der Waals surface area contributed by atoms with Gasteiger partial charge in [-0.25, -0.2) is 0 Å². The van der Waals surface area contributed by atoms with Crippen LogP contribution in [0.1, 0.15) is 33.1 Å². The predicted octanol–water partition coefficient (Wildman–Crippen LogP) is 3.37. The van der Waals surface area contributed by atoms with Crippen molar-refractivity contribution < 1.29 is 29.0 Å². The third-order valence-electron chi connectivity index (χ3n) is 8.15. The van der Waals surface area contributed by atoms with Crippen LogP contribution in [0.3, 0.4) is 0 Å². The molecule has 200 valence electrons. The molecule has 1 aromatic rings. The molecule has 4 rings (SSSR count). The highest BCUT2D eigenvalue weighted by molar-refractivity contribution is 6.30. The number of likely N-dealkylation sites (tertiary alicyclic amines) is 1. The van der Waals surface area contributed by atoms with Gasteiger partial charge in [-0.15, -0.1) is 6.58 Å². The van der Waals surface area contributed by atoms with E-state index in [-0.39, 0.29) is 37.5 Å². The molecule has 37 heavy (non-hydrogen) atoms. The highest BCUT2D eigenvalue weighted by Crippen LogP contribution is 2.59. The monoisotopic (exact) mass is 530 g/mol. The molecule has 0 aromatic heterocycles. The second kappa shape index (κ2) is 11.0. The second-order valence-corrected chi connectivity index (χ2v) is 10.5. The molecule has 2 amide bonds. The quantitative estimate of drug-likeness (QED) is 0.348. The highest BCUT2D eigenvalue weighted by Gasteiger charge is 2.75. The molecule has 9 heteroatoms. The molecule has 0 aliphatic carbocycles. The molecule has 3 saturated heterocycles. The Labute approximate surface area is 222 Å². The van der Waals surface area contributed by atoms with Crippen molar-refractivity contribution in [3.05, 3.63) is 54.6 Å². The van der Waals surface area contributed by atoms with Crippen molar-refractivity contribution in [1.29, 1.82) is 0 Å². The maximum atomic E-state index is 14.4. The van der Waals surface area contributed by atoms with E-state index in [0.717, 1.165) is 0 Å². The molecular formula is C28H35ClN2O6. The van der Waals surface area contributed by atoms with Crippen molar-refractivity contribution in [3.8, 4) is 0 Å². The Balaban J connectivity index is 1.82. The minimum Gasteiger partial charge on any atom is -0.461 e. The predicted molar refractivity (Wildman–Crippen MR) is 140 cm³/mol. The lowest BCUT2D eigenvalue weighted by atomic mass is 9.70. The van der Waals surface area contributed by atoms with E-state index in [4.69, 9.17) is 21.1 Å². The van der Waals surface area contributed by atoms with Crippen molar-refractivity contribution in [2.75, 3.05) is 24.7 Å². The minimum absolute atomic E-state index is 0.0256. The van der Waals surface area contributed by atoms with E-state index in [1.54, 1.807) is 35.2 Å². The number of hydrogen-bond donors (Lipinski definition) is 1. The van der Waals surface area contributed by atoms with E-state index in [0.29, 0.717) is 30.0 Å². The van der Waals surface area contributed by atoms with Gasteiger partial charge in [0.1, 0.15) is 18.2 Å². The molecule has 3 aliphatic heterocycles. The van der Waals surface area contributed by atoms with Crippen LogP contribution in [0.4, 0.5) is 5.69 Å². The van der Waals surface area contributed by atoms with Crippen LogP contribution in [-0.4, -0.2) is 71.3 Å². The van der Waals surface area contributed by atoms with Gasteiger partial charge in [-0.2, -0.15) is 0 Å². The Morgan fingerprint density at radius 3 is 2.62 bits per heavy atom. The number of halogens is 1. The number of benzene rings is 1. The summed E-state index contributed by atoms with van der Waals surface area (Å²) in [5.41, 5.74) is -0.594. The van der Waals surface area contributed by atoms with Crippen molar-refractivity contribution >= 4 is 35.1 Å². The number of carbonyl (C=O) groups excluding carboxylic acids is 3. The molecule has 7 atom stereocenters. The van der Waals surface area contributed by atoms with Crippen molar-refractivity contribution in [3.63, 3.8) is 0 Å². The van der Waals surface area contributed by atoms with Crippen molar-refractivity contribution in [2.45, 2.75) is 56.9 Å². The maximum Gasteiger partial charge on any atom is 0.312 e. The molecule has 0 saturated carbocycles. The van der Waals surface area contributed by atoms with Gasteiger partial charge in [0.05, 0.1) is 30.6 Å². The Bertz CT molecular complexity index is 1060. The lowest BCUT2D eigenvalue weighted by molar-refractivity contribution is -0.155. The zero-order chi connectivity index (χ0) is 26.9. The topological polar surface area (TPSA) is 96.4 Å². The highest BCUT2D eigenvalue weighted by atomic mass is 35.5. The van der Waals surface area contributed by atoms with Crippen LogP contribution >= 0.6 is 11.6 Å². The number of fused-ring (bicyclic) bond motifs is 1. The number of anilines is 1. The molecule has 0 radical (unpaired) electrons. The van der Waals surface area contributed by atoms with Crippen LogP contribution in [0.5, 0.6) is 0 Å². The summed E-state index contributed by atoms with van der Waals surface area (Å²) >= 11 is 6.08. The zero-order valence-corrected chi connectivity index (χ0v) is 22.1. The Kier molecular flexibility index (Phi) is 8.11. The molecule has 1 spiro atoms. The average molecular weight is 531 g/mol. The van der Waals surface area contributed by atoms with Crippen LogP contribution in [0.25, 0.3) is 0 Å². The fourth-order valence-electron chi connectivity index (χ4n) is 6.27. The summed E-state index contributed by atoms with van der Waals surface area (Å²) in [5, 5.41) is 11.0. The molecule has 1 aromatic carbocycles. The van der Waals surface area contributed by atoms with Gasteiger partial charge in [-0.3, -0.25) is 14.4 Å². The summed E-state index contributed by atoms with van der Waals surface area (Å²) in [4.78, 5) is 44.7. The van der Waals surface area contributed by atoms with Gasteiger partial charge in [0.25, 0.3) is 5.91 Å². The summed E-state index contributed by atoms with van der Waals surface area (Å²) in [6, 6.07) is 5.22.